The summed E-state index contributed by atoms with van der Waals surface area (Å²) in [5.74, 6) is 1.86. The summed E-state index contributed by atoms with van der Waals surface area (Å²) in [5, 5.41) is 0. The summed E-state index contributed by atoms with van der Waals surface area (Å²) in [4.78, 5) is 55.4. The van der Waals surface area contributed by atoms with Gasteiger partial charge in [-0.1, -0.05) is 58.0 Å². The number of hydrogen-bond acceptors (Lipinski definition) is 15. The van der Waals surface area contributed by atoms with Gasteiger partial charge in [0.05, 0.1) is 81.8 Å². The molecule has 2 N–H and O–H groups in total. The number of rotatable bonds is 26. The van der Waals surface area contributed by atoms with E-state index in [9.17, 15) is 14.4 Å². The van der Waals surface area contributed by atoms with E-state index < -0.39 is 0 Å². The van der Waals surface area contributed by atoms with E-state index in [0.29, 0.717) is 117 Å². The van der Waals surface area contributed by atoms with Gasteiger partial charge >= 0.3 is 0 Å². The van der Waals surface area contributed by atoms with Crippen molar-refractivity contribution < 1.29 is 47.5 Å². The van der Waals surface area contributed by atoms with Gasteiger partial charge in [-0.2, -0.15) is 0 Å². The number of primary amides is 1. The monoisotopic (exact) mass is 1060 g/mol. The molecule has 2 atom stereocenters. The molecule has 0 unspecified atom stereocenters. The molecule has 0 saturated heterocycles. The maximum absolute atomic E-state index is 14.2. The number of fused-ring (bicyclic) bond motifs is 8. The van der Waals surface area contributed by atoms with Crippen molar-refractivity contribution in [2.24, 2.45) is 15.7 Å². The Labute approximate surface area is 446 Å². The molecule has 18 heteroatoms. The molecule has 5 aromatic rings. The third kappa shape index (κ3) is 12.6. The number of aliphatic imine (C=N–C) groups is 2. The Hall–Kier alpha value is -6.57. The van der Waals surface area contributed by atoms with Crippen molar-refractivity contribution in [2.75, 3.05) is 87.9 Å². The maximum Gasteiger partial charge on any atom is 0.261 e. The first-order valence-corrected chi connectivity index (χ1v) is 27.5. The molecule has 0 bridgehead atoms. The predicted octanol–water partition coefficient (Wildman–Crippen LogP) is 9.35. The molecule has 4 heterocycles. The van der Waals surface area contributed by atoms with Crippen molar-refractivity contribution >= 4 is 80.2 Å². The highest BCUT2D eigenvalue weighted by Gasteiger charge is 2.38. The fourth-order valence-electron chi connectivity index (χ4n) is 9.72. The van der Waals surface area contributed by atoms with E-state index in [1.165, 1.54) is 0 Å². The van der Waals surface area contributed by atoms with Gasteiger partial charge in [0.2, 0.25) is 5.91 Å². The van der Waals surface area contributed by atoms with Crippen molar-refractivity contribution in [2.45, 2.75) is 69.6 Å². The molecule has 75 heavy (non-hydrogen) atoms. The fourth-order valence-corrected chi connectivity index (χ4v) is 12.3. The van der Waals surface area contributed by atoms with Crippen LogP contribution in [0.3, 0.4) is 0 Å². The lowest BCUT2D eigenvalue weighted by molar-refractivity contribution is -0.118. The Morgan fingerprint density at radius 3 is 1.73 bits per heavy atom. The van der Waals surface area contributed by atoms with Gasteiger partial charge < -0.3 is 43.8 Å². The predicted molar refractivity (Wildman–Crippen MR) is 297 cm³/mol. The number of hydrogen-bond donors (Lipinski definition) is 1. The van der Waals surface area contributed by atoms with Crippen LogP contribution in [-0.2, 0) is 45.1 Å². The van der Waals surface area contributed by atoms with Crippen LogP contribution in [0.1, 0.15) is 69.7 Å². The van der Waals surface area contributed by atoms with Gasteiger partial charge in [-0.05, 0) is 85.0 Å². The zero-order valence-corrected chi connectivity index (χ0v) is 44.7. The number of carbonyl (C=O) groups excluding carboxylic acids is 3. The number of para-hydroxylation sites is 2. The lowest BCUT2D eigenvalue weighted by atomic mass is 10.1. The first kappa shape index (κ1) is 53.3. The Bertz CT molecular complexity index is 2790. The Kier molecular flexibility index (Phi) is 17.3. The second-order valence-corrected chi connectivity index (χ2v) is 22.3. The Morgan fingerprint density at radius 2 is 1.21 bits per heavy atom. The summed E-state index contributed by atoms with van der Waals surface area (Å²) in [7, 11) is 8.25. The highest BCUT2D eigenvalue weighted by molar-refractivity contribution is 8.77. The molecular formula is C57H64N6O10S2. The number of amides is 3. The zero-order valence-electron chi connectivity index (χ0n) is 43.1. The summed E-state index contributed by atoms with van der Waals surface area (Å²) >= 11 is 0. The van der Waals surface area contributed by atoms with Crippen LogP contribution < -0.4 is 39.4 Å². The number of ether oxygens (including phenoxy) is 7. The lowest BCUT2D eigenvalue weighted by Gasteiger charge is -2.34. The van der Waals surface area contributed by atoms with Crippen LogP contribution in [0, 0.1) is 0 Å². The minimum absolute atomic E-state index is 0.132. The molecule has 3 amide bonds. The van der Waals surface area contributed by atoms with Gasteiger partial charge in [0, 0.05) is 91.6 Å². The van der Waals surface area contributed by atoms with Crippen LogP contribution in [0.5, 0.6) is 23.0 Å². The molecule has 0 aliphatic carbocycles. The quantitative estimate of drug-likeness (QED) is 0.0410. The summed E-state index contributed by atoms with van der Waals surface area (Å²) < 4.78 is 41.7. The summed E-state index contributed by atoms with van der Waals surface area (Å²) in [6, 6.07) is 28.7. The van der Waals surface area contributed by atoms with Gasteiger partial charge in [-0.15, -0.1) is 0 Å². The van der Waals surface area contributed by atoms with E-state index in [2.05, 4.69) is 30.9 Å². The average Bonchev–Trinajstić information content (AvgIpc) is 3.91. The molecule has 5 aromatic carbocycles. The van der Waals surface area contributed by atoms with Crippen LogP contribution in [0.4, 0.5) is 28.4 Å². The van der Waals surface area contributed by atoms with E-state index in [0.717, 1.165) is 45.1 Å². The molecule has 16 nitrogen and oxygen atoms in total. The van der Waals surface area contributed by atoms with Gasteiger partial charge in [-0.3, -0.25) is 34.2 Å². The highest BCUT2D eigenvalue weighted by Crippen LogP contribution is 2.44. The van der Waals surface area contributed by atoms with E-state index in [-0.39, 0.29) is 47.8 Å². The smallest absolute Gasteiger partial charge is 0.261 e. The Balaban J connectivity index is 1.01. The minimum atomic E-state index is -0.300. The first-order valence-electron chi connectivity index (χ1n) is 25.2. The third-order valence-electron chi connectivity index (χ3n) is 13.3. The van der Waals surface area contributed by atoms with Crippen molar-refractivity contribution in [1.29, 1.82) is 0 Å². The standard InChI is InChI=1S/C57H64N6O10S2/c1-57(2,75-74-22-10-15-54(58)64)36-61(16-17-70-20-21-71-19-18-67-3)41-24-37(34-72-52-30-46-44(28-50(52)68-4)55(65)62-42(32-59-46)26-39-11-6-8-13-48(39)62)23-38(25-41)35-73-53-31-47-45(29-51(53)69-5)56(66)63-43(33-60-47)27-40-12-7-9-14-49(40)63/h6-9,11-14,23-25,28-33,42-43H,10,15-22,26-27,34-36H2,1-5H3,(H2,58,64)/t42-,43-/m0/s1. The molecular weight excluding hydrogens is 993 g/mol. The van der Waals surface area contributed by atoms with Gasteiger partial charge in [0.1, 0.15) is 13.2 Å². The lowest BCUT2D eigenvalue weighted by Crippen LogP contribution is -2.38. The largest absolute Gasteiger partial charge is 0.493 e. The molecule has 4 aliphatic heterocycles. The van der Waals surface area contributed by atoms with Gasteiger partial charge in [0.25, 0.3) is 11.8 Å². The number of methoxy groups -OCH3 is 3. The molecule has 394 valence electrons. The second kappa shape index (κ2) is 24.4. The van der Waals surface area contributed by atoms with Crippen molar-refractivity contribution in [3.63, 3.8) is 0 Å². The number of anilines is 3. The molecule has 0 aromatic heterocycles. The van der Waals surface area contributed by atoms with Gasteiger partial charge in [0.15, 0.2) is 23.0 Å². The summed E-state index contributed by atoms with van der Waals surface area (Å²) in [5.41, 5.74) is 13.9. The normalized spacial score (nSPS) is 16.1. The van der Waals surface area contributed by atoms with Crippen LogP contribution in [0.2, 0.25) is 0 Å². The van der Waals surface area contributed by atoms with Crippen LogP contribution >= 0.6 is 21.6 Å². The highest BCUT2D eigenvalue weighted by atomic mass is 33.1. The molecule has 0 radical (unpaired) electrons. The minimum Gasteiger partial charge on any atom is -0.493 e. The van der Waals surface area contributed by atoms with E-state index in [4.69, 9.17) is 48.9 Å². The maximum atomic E-state index is 14.2. The van der Waals surface area contributed by atoms with Gasteiger partial charge in [-0.25, -0.2) is 0 Å². The molecule has 4 aliphatic rings. The molecule has 0 fully saturated rings. The van der Waals surface area contributed by atoms with Crippen LogP contribution in [0.25, 0.3) is 0 Å². The topological polar surface area (TPSA) is 176 Å². The SMILES string of the molecule is COCCOCCOCCN(CC(C)(C)SSCCCC(N)=O)c1cc(COc2cc3c(cc2OC)C(=O)N2c4ccccc4C[C@H]2C=N3)cc(COc2cc3c(cc2OC)C(=O)N2c4ccccc4C[C@H]2C=N3)c1. The fraction of sp³-hybridized carbons (Fsp3) is 0.386. The third-order valence-corrected chi connectivity index (χ3v) is 16.6. The molecule has 0 spiro atoms. The zero-order chi connectivity index (χ0) is 52.5. The number of benzene rings is 5. The molecule has 0 saturated carbocycles. The van der Waals surface area contributed by atoms with E-state index in [1.54, 1.807) is 67.2 Å². The first-order chi connectivity index (χ1) is 36.4. The van der Waals surface area contributed by atoms with Crippen molar-refractivity contribution in [3.05, 3.63) is 124 Å². The van der Waals surface area contributed by atoms with Crippen LogP contribution in [0.15, 0.2) is 101 Å². The van der Waals surface area contributed by atoms with Crippen molar-refractivity contribution in [1.82, 2.24) is 0 Å². The number of nitrogens with two attached hydrogens (primary N) is 1. The number of carbonyl (C=O) groups is 3. The summed E-state index contributed by atoms with van der Waals surface area (Å²) in [6.07, 6.45) is 6.10. The van der Waals surface area contributed by atoms with E-state index >= 15 is 0 Å². The Morgan fingerprint density at radius 1 is 0.693 bits per heavy atom. The van der Waals surface area contributed by atoms with Crippen molar-refractivity contribution in [3.8, 4) is 23.0 Å². The van der Waals surface area contributed by atoms with Crippen LogP contribution in [-0.4, -0.2) is 120 Å². The summed E-state index contributed by atoms with van der Waals surface area (Å²) in [6.45, 7) is 8.15. The second-order valence-electron chi connectivity index (χ2n) is 19.2. The number of nitrogens with zero attached hydrogens (tertiary/aromatic N) is 5. The molecule has 9 rings (SSSR count). The average molecular weight is 1060 g/mol. The van der Waals surface area contributed by atoms with E-state index in [1.807, 2.05) is 76.8 Å².